The summed E-state index contributed by atoms with van der Waals surface area (Å²) in [5.74, 6) is -0.577. The van der Waals surface area contributed by atoms with Crippen LogP contribution in [0.15, 0.2) is 36.7 Å². The van der Waals surface area contributed by atoms with Crippen molar-refractivity contribution >= 4 is 23.0 Å². The molecule has 0 saturated heterocycles. The maximum atomic E-state index is 12.1. The number of rotatable bonds is 5. The van der Waals surface area contributed by atoms with Crippen LogP contribution in [-0.4, -0.2) is 25.5 Å². The van der Waals surface area contributed by atoms with Gasteiger partial charge in [-0.05, 0) is 13.0 Å². The maximum Gasteiger partial charge on any atom is 0.307 e. The predicted molar refractivity (Wildman–Crippen MR) is 75.3 cm³/mol. The van der Waals surface area contributed by atoms with Crippen LogP contribution in [0.25, 0.3) is 0 Å². The van der Waals surface area contributed by atoms with Crippen molar-refractivity contribution < 1.29 is 14.6 Å². The number of aromatic nitrogens is 2. The molecule has 1 atom stereocenters. The lowest BCUT2D eigenvalue weighted by atomic mass is 10.2. The molecule has 114 valence electrons. The highest BCUT2D eigenvalue weighted by atomic mass is 16.6. The zero-order valence-electron chi connectivity index (χ0n) is 11.4. The van der Waals surface area contributed by atoms with E-state index in [1.807, 2.05) is 0 Å². The molecular weight excluding hydrogens is 294 g/mol. The number of nitrogens with zero attached hydrogens (tertiary/aromatic N) is 4. The van der Waals surface area contributed by atoms with E-state index in [-0.39, 0.29) is 17.1 Å². The summed E-state index contributed by atoms with van der Waals surface area (Å²) in [4.78, 5) is 32.3. The van der Waals surface area contributed by atoms with Crippen molar-refractivity contribution in [3.8, 4) is 0 Å². The zero-order valence-corrected chi connectivity index (χ0v) is 11.4. The molecule has 0 aliphatic heterocycles. The van der Waals surface area contributed by atoms with Gasteiger partial charge in [-0.3, -0.25) is 29.7 Å². The standard InChI is InChI=1S/C12H11N5O5/c1-8(15-7-9(6-13-15)16(19)20)12(18)14-10-4-2-3-5-11(10)17(21)22/h2-8H,1H3,(H,14,18). The van der Waals surface area contributed by atoms with E-state index >= 15 is 0 Å². The topological polar surface area (TPSA) is 133 Å². The first kappa shape index (κ1) is 15.1. The number of amides is 1. The van der Waals surface area contributed by atoms with Crippen molar-refractivity contribution in [2.75, 3.05) is 5.32 Å². The number of nitro benzene ring substituents is 1. The molecule has 0 saturated carbocycles. The number of hydrogen-bond acceptors (Lipinski definition) is 6. The Morgan fingerprint density at radius 2 is 1.95 bits per heavy atom. The molecule has 0 aliphatic rings. The van der Waals surface area contributed by atoms with Gasteiger partial charge in [0.15, 0.2) is 0 Å². The van der Waals surface area contributed by atoms with E-state index in [9.17, 15) is 25.0 Å². The number of anilines is 1. The molecule has 0 radical (unpaired) electrons. The molecule has 0 fully saturated rings. The molecule has 10 heteroatoms. The Balaban J connectivity index is 2.18. The monoisotopic (exact) mass is 305 g/mol. The lowest BCUT2D eigenvalue weighted by molar-refractivity contribution is -0.385. The van der Waals surface area contributed by atoms with Crippen LogP contribution in [0.4, 0.5) is 17.1 Å². The van der Waals surface area contributed by atoms with Crippen molar-refractivity contribution in [2.24, 2.45) is 0 Å². The fraction of sp³-hybridized carbons (Fsp3) is 0.167. The van der Waals surface area contributed by atoms with Crippen molar-refractivity contribution in [3.05, 3.63) is 56.9 Å². The number of benzene rings is 1. The van der Waals surface area contributed by atoms with Gasteiger partial charge in [-0.25, -0.2) is 0 Å². The highest BCUT2D eigenvalue weighted by Crippen LogP contribution is 2.24. The van der Waals surface area contributed by atoms with Crippen molar-refractivity contribution in [2.45, 2.75) is 13.0 Å². The van der Waals surface area contributed by atoms with Crippen LogP contribution in [-0.2, 0) is 4.79 Å². The molecule has 1 aromatic heterocycles. The molecule has 0 aliphatic carbocycles. The first-order valence-corrected chi connectivity index (χ1v) is 6.13. The summed E-state index contributed by atoms with van der Waals surface area (Å²) in [6, 6.07) is 4.82. The third-order valence-corrected chi connectivity index (χ3v) is 2.93. The van der Waals surface area contributed by atoms with Gasteiger partial charge >= 0.3 is 5.69 Å². The van der Waals surface area contributed by atoms with E-state index in [0.29, 0.717) is 0 Å². The van der Waals surface area contributed by atoms with Crippen LogP contribution in [0, 0.1) is 20.2 Å². The minimum absolute atomic E-state index is 0.0472. The Morgan fingerprint density at radius 3 is 2.55 bits per heavy atom. The first-order valence-electron chi connectivity index (χ1n) is 6.13. The van der Waals surface area contributed by atoms with Crippen LogP contribution >= 0.6 is 0 Å². The Labute approximate surface area is 123 Å². The fourth-order valence-electron chi connectivity index (χ4n) is 1.73. The van der Waals surface area contributed by atoms with Gasteiger partial charge in [0.1, 0.15) is 24.1 Å². The van der Waals surface area contributed by atoms with Gasteiger partial charge in [-0.1, -0.05) is 12.1 Å². The summed E-state index contributed by atoms with van der Waals surface area (Å²) in [5.41, 5.74) is -0.439. The zero-order chi connectivity index (χ0) is 16.3. The molecule has 2 rings (SSSR count). The predicted octanol–water partition coefficient (Wildman–Crippen LogP) is 1.90. The number of hydrogen-bond donors (Lipinski definition) is 1. The van der Waals surface area contributed by atoms with Crippen LogP contribution in [0.1, 0.15) is 13.0 Å². The van der Waals surface area contributed by atoms with E-state index < -0.39 is 21.8 Å². The quantitative estimate of drug-likeness (QED) is 0.662. The second-order valence-electron chi connectivity index (χ2n) is 4.38. The largest absolute Gasteiger partial charge is 0.319 e. The van der Waals surface area contributed by atoms with Crippen molar-refractivity contribution in [1.82, 2.24) is 9.78 Å². The van der Waals surface area contributed by atoms with Crippen LogP contribution < -0.4 is 5.32 Å². The first-order chi connectivity index (χ1) is 10.4. The highest BCUT2D eigenvalue weighted by molar-refractivity contribution is 5.95. The number of nitro groups is 2. The van der Waals surface area contributed by atoms with E-state index in [4.69, 9.17) is 0 Å². The summed E-state index contributed by atoms with van der Waals surface area (Å²) < 4.78 is 1.11. The Hall–Kier alpha value is -3.30. The smallest absolute Gasteiger partial charge is 0.307 e. The lowest BCUT2D eigenvalue weighted by Gasteiger charge is -2.12. The molecule has 1 aromatic carbocycles. The van der Waals surface area contributed by atoms with E-state index in [1.54, 1.807) is 6.07 Å². The summed E-state index contributed by atoms with van der Waals surface area (Å²) in [5, 5.41) is 27.6. The van der Waals surface area contributed by atoms with E-state index in [1.165, 1.54) is 25.1 Å². The molecule has 0 bridgehead atoms. The van der Waals surface area contributed by atoms with Gasteiger partial charge < -0.3 is 5.32 Å². The van der Waals surface area contributed by atoms with Crippen LogP contribution in [0.5, 0.6) is 0 Å². The Bertz CT molecular complexity index is 741. The summed E-state index contributed by atoms with van der Waals surface area (Å²) in [6.45, 7) is 1.47. The second-order valence-corrected chi connectivity index (χ2v) is 4.38. The summed E-state index contributed by atoms with van der Waals surface area (Å²) >= 11 is 0. The minimum atomic E-state index is -0.867. The van der Waals surface area contributed by atoms with E-state index in [2.05, 4.69) is 10.4 Å². The number of nitrogens with one attached hydrogen (secondary N) is 1. The Kier molecular flexibility index (Phi) is 4.11. The average Bonchev–Trinajstić information content (AvgIpc) is 2.96. The van der Waals surface area contributed by atoms with Gasteiger partial charge in [0.05, 0.1) is 9.85 Å². The Morgan fingerprint density at radius 1 is 1.27 bits per heavy atom. The molecule has 22 heavy (non-hydrogen) atoms. The van der Waals surface area contributed by atoms with Crippen molar-refractivity contribution in [3.63, 3.8) is 0 Å². The molecule has 2 aromatic rings. The van der Waals surface area contributed by atoms with Crippen LogP contribution in [0.3, 0.4) is 0 Å². The molecule has 1 amide bonds. The van der Waals surface area contributed by atoms with Gasteiger partial charge in [-0.2, -0.15) is 5.10 Å². The van der Waals surface area contributed by atoms with Gasteiger partial charge in [0.25, 0.3) is 5.69 Å². The molecular formula is C12H11N5O5. The van der Waals surface area contributed by atoms with Crippen LogP contribution in [0.2, 0.25) is 0 Å². The SMILES string of the molecule is CC(C(=O)Nc1ccccc1[N+](=O)[O-])n1cc([N+](=O)[O-])cn1. The van der Waals surface area contributed by atoms with Gasteiger partial charge in [0.2, 0.25) is 5.91 Å². The van der Waals surface area contributed by atoms with Crippen molar-refractivity contribution in [1.29, 1.82) is 0 Å². The van der Waals surface area contributed by atoms with Gasteiger partial charge in [-0.15, -0.1) is 0 Å². The second kappa shape index (κ2) is 5.99. The maximum absolute atomic E-state index is 12.1. The third-order valence-electron chi connectivity index (χ3n) is 2.93. The molecule has 1 heterocycles. The highest BCUT2D eigenvalue weighted by Gasteiger charge is 2.22. The number of para-hydroxylation sites is 2. The van der Waals surface area contributed by atoms with E-state index in [0.717, 1.165) is 17.1 Å². The fourth-order valence-corrected chi connectivity index (χ4v) is 1.73. The third kappa shape index (κ3) is 3.06. The number of carbonyl (C=O) groups is 1. The lowest BCUT2D eigenvalue weighted by Crippen LogP contribution is -2.24. The average molecular weight is 305 g/mol. The van der Waals surface area contributed by atoms with Gasteiger partial charge in [0, 0.05) is 6.07 Å². The minimum Gasteiger partial charge on any atom is -0.319 e. The molecule has 1 unspecified atom stereocenters. The summed E-state index contributed by atoms with van der Waals surface area (Å²) in [7, 11) is 0. The summed E-state index contributed by atoms with van der Waals surface area (Å²) in [6.07, 6.45) is 2.14. The molecule has 0 spiro atoms. The number of carbonyl (C=O) groups excluding carboxylic acids is 1. The normalized spacial score (nSPS) is 11.7. The molecule has 10 nitrogen and oxygen atoms in total. The molecule has 1 N–H and O–H groups in total.